The SMILES string of the molecule is OC1CCC(c2ccccc2)CC1CCOC(F)(F)F. The predicted molar refractivity (Wildman–Crippen MR) is 69.2 cm³/mol. The largest absolute Gasteiger partial charge is 0.522 e. The van der Waals surface area contributed by atoms with Crippen LogP contribution in [0.1, 0.15) is 37.2 Å². The molecule has 1 aromatic carbocycles. The Hall–Kier alpha value is -1.07. The van der Waals surface area contributed by atoms with E-state index in [1.807, 2.05) is 30.3 Å². The van der Waals surface area contributed by atoms with Crippen LogP contribution >= 0.6 is 0 Å². The van der Waals surface area contributed by atoms with Crippen molar-refractivity contribution in [2.45, 2.75) is 44.1 Å². The van der Waals surface area contributed by atoms with Crippen LogP contribution in [-0.2, 0) is 4.74 Å². The van der Waals surface area contributed by atoms with Gasteiger partial charge in [-0.05, 0) is 43.1 Å². The Bertz CT molecular complexity index is 405. The van der Waals surface area contributed by atoms with Gasteiger partial charge >= 0.3 is 6.36 Å². The smallest absolute Gasteiger partial charge is 0.393 e. The lowest BCUT2D eigenvalue weighted by Gasteiger charge is -2.33. The van der Waals surface area contributed by atoms with Crippen LogP contribution in [0.15, 0.2) is 30.3 Å². The van der Waals surface area contributed by atoms with Crippen molar-refractivity contribution in [1.82, 2.24) is 0 Å². The van der Waals surface area contributed by atoms with Gasteiger partial charge in [-0.3, -0.25) is 4.74 Å². The predicted octanol–water partition coefficient (Wildman–Crippen LogP) is 3.86. The summed E-state index contributed by atoms with van der Waals surface area (Å²) in [6, 6.07) is 9.93. The highest BCUT2D eigenvalue weighted by Crippen LogP contribution is 2.38. The van der Waals surface area contributed by atoms with Gasteiger partial charge in [0, 0.05) is 0 Å². The molecule has 0 bridgehead atoms. The first kappa shape index (κ1) is 15.3. The highest BCUT2D eigenvalue weighted by molar-refractivity contribution is 5.20. The van der Waals surface area contributed by atoms with E-state index in [1.54, 1.807) is 0 Å². The minimum atomic E-state index is -4.58. The maximum absolute atomic E-state index is 12.0. The molecule has 1 aliphatic carbocycles. The van der Waals surface area contributed by atoms with E-state index < -0.39 is 12.5 Å². The summed E-state index contributed by atoms with van der Waals surface area (Å²) in [6.07, 6.45) is -2.64. The van der Waals surface area contributed by atoms with Crippen molar-refractivity contribution in [1.29, 1.82) is 0 Å². The second-order valence-corrected chi connectivity index (χ2v) is 5.33. The lowest BCUT2D eigenvalue weighted by molar-refractivity contribution is -0.325. The Morgan fingerprint density at radius 3 is 2.50 bits per heavy atom. The van der Waals surface area contributed by atoms with Gasteiger partial charge in [-0.1, -0.05) is 30.3 Å². The van der Waals surface area contributed by atoms with Gasteiger partial charge in [-0.2, -0.15) is 0 Å². The van der Waals surface area contributed by atoms with Gasteiger partial charge in [0.1, 0.15) is 0 Å². The van der Waals surface area contributed by atoms with E-state index in [0.29, 0.717) is 18.8 Å². The topological polar surface area (TPSA) is 29.5 Å². The van der Waals surface area contributed by atoms with Crippen LogP contribution in [0.5, 0.6) is 0 Å². The molecule has 112 valence electrons. The number of hydrogen-bond acceptors (Lipinski definition) is 2. The number of halogens is 3. The summed E-state index contributed by atoms with van der Waals surface area (Å²) in [5.41, 5.74) is 1.20. The number of ether oxygens (including phenoxy) is 1. The molecule has 20 heavy (non-hydrogen) atoms. The van der Waals surface area contributed by atoms with Crippen molar-refractivity contribution in [3.8, 4) is 0 Å². The van der Waals surface area contributed by atoms with Crippen LogP contribution in [0.3, 0.4) is 0 Å². The first-order valence-corrected chi connectivity index (χ1v) is 6.89. The second kappa shape index (κ2) is 6.59. The van der Waals surface area contributed by atoms with Gasteiger partial charge in [0.25, 0.3) is 0 Å². The molecule has 0 radical (unpaired) electrons. The van der Waals surface area contributed by atoms with Crippen LogP contribution in [0.4, 0.5) is 13.2 Å². The monoisotopic (exact) mass is 288 g/mol. The molecule has 3 unspecified atom stereocenters. The highest BCUT2D eigenvalue weighted by Gasteiger charge is 2.32. The van der Waals surface area contributed by atoms with Crippen LogP contribution in [0.2, 0.25) is 0 Å². The summed E-state index contributed by atoms with van der Waals surface area (Å²) >= 11 is 0. The van der Waals surface area contributed by atoms with Crippen molar-refractivity contribution in [2.24, 2.45) is 5.92 Å². The van der Waals surface area contributed by atoms with E-state index in [0.717, 1.165) is 6.42 Å². The molecule has 2 rings (SSSR count). The third-order valence-electron chi connectivity index (χ3n) is 3.97. The number of hydrogen-bond donors (Lipinski definition) is 1. The summed E-state index contributed by atoms with van der Waals surface area (Å²) < 4.78 is 39.7. The number of alkyl halides is 3. The molecule has 2 nitrogen and oxygen atoms in total. The Labute approximate surface area is 116 Å². The number of benzene rings is 1. The Morgan fingerprint density at radius 2 is 1.85 bits per heavy atom. The first-order chi connectivity index (χ1) is 9.46. The summed E-state index contributed by atoms with van der Waals surface area (Å²) in [5.74, 6) is 0.187. The summed E-state index contributed by atoms with van der Waals surface area (Å²) in [6.45, 7) is -0.382. The fraction of sp³-hybridized carbons (Fsp3) is 0.600. The van der Waals surface area contributed by atoms with Crippen molar-refractivity contribution < 1.29 is 23.0 Å². The first-order valence-electron chi connectivity index (χ1n) is 6.89. The van der Waals surface area contributed by atoms with E-state index in [-0.39, 0.29) is 18.9 Å². The molecular weight excluding hydrogens is 269 g/mol. The van der Waals surface area contributed by atoms with Gasteiger partial charge < -0.3 is 5.11 Å². The Kier molecular flexibility index (Phi) is 5.05. The van der Waals surface area contributed by atoms with E-state index in [4.69, 9.17) is 0 Å². The molecule has 1 fully saturated rings. The maximum Gasteiger partial charge on any atom is 0.522 e. The molecule has 1 N–H and O–H groups in total. The molecule has 1 aromatic rings. The van der Waals surface area contributed by atoms with E-state index in [2.05, 4.69) is 4.74 Å². The van der Waals surface area contributed by atoms with E-state index in [1.165, 1.54) is 5.56 Å². The number of aliphatic hydroxyl groups is 1. The zero-order valence-electron chi connectivity index (χ0n) is 11.1. The minimum Gasteiger partial charge on any atom is -0.393 e. The zero-order chi connectivity index (χ0) is 14.6. The van der Waals surface area contributed by atoms with Crippen molar-refractivity contribution in [2.75, 3.05) is 6.61 Å². The molecule has 0 amide bonds. The van der Waals surface area contributed by atoms with Gasteiger partial charge in [0.05, 0.1) is 12.7 Å². The van der Waals surface area contributed by atoms with Crippen LogP contribution in [0, 0.1) is 5.92 Å². The van der Waals surface area contributed by atoms with Gasteiger partial charge in [-0.15, -0.1) is 13.2 Å². The van der Waals surface area contributed by atoms with Crippen molar-refractivity contribution >= 4 is 0 Å². The van der Waals surface area contributed by atoms with Crippen molar-refractivity contribution in [3.05, 3.63) is 35.9 Å². The van der Waals surface area contributed by atoms with Crippen LogP contribution in [0.25, 0.3) is 0 Å². The number of aliphatic hydroxyl groups excluding tert-OH is 1. The Balaban J connectivity index is 1.88. The Morgan fingerprint density at radius 1 is 1.15 bits per heavy atom. The molecular formula is C15H19F3O2. The minimum absolute atomic E-state index is 0.128. The van der Waals surface area contributed by atoms with E-state index in [9.17, 15) is 18.3 Å². The van der Waals surface area contributed by atoms with Gasteiger partial charge in [0.15, 0.2) is 0 Å². The normalized spacial score (nSPS) is 27.5. The van der Waals surface area contributed by atoms with Crippen LogP contribution < -0.4 is 0 Å². The summed E-state index contributed by atoms with van der Waals surface area (Å²) in [7, 11) is 0. The molecule has 0 aliphatic heterocycles. The maximum atomic E-state index is 12.0. The fourth-order valence-electron chi connectivity index (χ4n) is 2.91. The fourth-order valence-corrected chi connectivity index (χ4v) is 2.91. The average molecular weight is 288 g/mol. The lowest BCUT2D eigenvalue weighted by Crippen LogP contribution is -2.30. The molecule has 0 spiro atoms. The zero-order valence-corrected chi connectivity index (χ0v) is 11.1. The summed E-state index contributed by atoms with van der Waals surface area (Å²) in [5, 5.41) is 9.93. The summed E-state index contributed by atoms with van der Waals surface area (Å²) in [4.78, 5) is 0. The molecule has 0 heterocycles. The standard InChI is InChI=1S/C15H19F3O2/c16-15(17,18)20-9-8-13-10-12(6-7-14(13)19)11-4-2-1-3-5-11/h1-5,12-14,19H,6-10H2. The molecule has 0 aromatic heterocycles. The molecule has 5 heteroatoms. The molecule has 1 aliphatic rings. The molecule has 1 saturated carbocycles. The molecule has 0 saturated heterocycles. The van der Waals surface area contributed by atoms with Crippen molar-refractivity contribution in [3.63, 3.8) is 0 Å². The lowest BCUT2D eigenvalue weighted by atomic mass is 9.75. The third kappa shape index (κ3) is 4.49. The van der Waals surface area contributed by atoms with Crippen LogP contribution in [-0.4, -0.2) is 24.2 Å². The second-order valence-electron chi connectivity index (χ2n) is 5.33. The molecule has 3 atom stereocenters. The number of rotatable bonds is 4. The average Bonchev–Trinajstić information content (AvgIpc) is 2.40. The highest BCUT2D eigenvalue weighted by atomic mass is 19.4. The third-order valence-corrected chi connectivity index (χ3v) is 3.97. The van der Waals surface area contributed by atoms with E-state index >= 15 is 0 Å². The van der Waals surface area contributed by atoms with Gasteiger partial charge in [-0.25, -0.2) is 0 Å². The quantitative estimate of drug-likeness (QED) is 0.911. The van der Waals surface area contributed by atoms with Gasteiger partial charge in [0.2, 0.25) is 0 Å².